The molecule has 4 heteroatoms. The Kier molecular flexibility index (Phi) is 5.67. The third-order valence-electron chi connectivity index (χ3n) is 3.73. The first kappa shape index (κ1) is 14.8. The Hall–Kier alpha value is -0.580. The predicted molar refractivity (Wildman–Crippen MR) is 80.6 cm³/mol. The van der Waals surface area contributed by atoms with Gasteiger partial charge in [-0.05, 0) is 65.5 Å². The van der Waals surface area contributed by atoms with Gasteiger partial charge < -0.3 is 9.47 Å². The summed E-state index contributed by atoms with van der Waals surface area (Å²) in [5.41, 5.74) is 1.33. The first-order chi connectivity index (χ1) is 9.22. The standard InChI is InChI=1S/C15H22BrNO2/c1-18-11-12-5-7-17(8-6-12)10-13-3-4-15(19-2)14(16)9-13/h3-4,9,12H,5-8,10-11H2,1-2H3. The van der Waals surface area contributed by atoms with Crippen LogP contribution < -0.4 is 4.74 Å². The van der Waals surface area contributed by atoms with Gasteiger partial charge in [-0.1, -0.05) is 6.07 Å². The number of likely N-dealkylation sites (tertiary alicyclic amines) is 1. The lowest BCUT2D eigenvalue weighted by atomic mass is 9.97. The molecule has 1 fully saturated rings. The largest absolute Gasteiger partial charge is 0.496 e. The number of hydrogen-bond donors (Lipinski definition) is 0. The Labute approximate surface area is 124 Å². The molecular weight excluding hydrogens is 306 g/mol. The molecule has 1 saturated heterocycles. The minimum absolute atomic E-state index is 0.740. The minimum atomic E-state index is 0.740. The highest BCUT2D eigenvalue weighted by atomic mass is 79.9. The molecule has 0 N–H and O–H groups in total. The molecule has 106 valence electrons. The maximum atomic E-state index is 5.26. The fourth-order valence-electron chi connectivity index (χ4n) is 2.61. The average molecular weight is 328 g/mol. The van der Waals surface area contributed by atoms with Crippen molar-refractivity contribution in [2.45, 2.75) is 19.4 Å². The maximum absolute atomic E-state index is 5.26. The van der Waals surface area contributed by atoms with E-state index in [1.807, 2.05) is 6.07 Å². The van der Waals surface area contributed by atoms with Crippen molar-refractivity contribution < 1.29 is 9.47 Å². The number of hydrogen-bond acceptors (Lipinski definition) is 3. The normalized spacial score (nSPS) is 17.6. The molecule has 1 aromatic carbocycles. The molecule has 0 bridgehead atoms. The summed E-state index contributed by atoms with van der Waals surface area (Å²) in [5, 5.41) is 0. The van der Waals surface area contributed by atoms with Crippen LogP contribution in [0.1, 0.15) is 18.4 Å². The molecule has 0 saturated carbocycles. The van der Waals surface area contributed by atoms with Gasteiger partial charge in [-0.15, -0.1) is 0 Å². The van der Waals surface area contributed by atoms with Gasteiger partial charge in [0, 0.05) is 20.3 Å². The number of rotatable bonds is 5. The number of piperidine rings is 1. The van der Waals surface area contributed by atoms with Crippen molar-refractivity contribution in [1.29, 1.82) is 0 Å². The Bertz CT molecular complexity index is 403. The van der Waals surface area contributed by atoms with Crippen LogP contribution in [0, 0.1) is 5.92 Å². The monoisotopic (exact) mass is 327 g/mol. The van der Waals surface area contributed by atoms with Crippen LogP contribution in [0.25, 0.3) is 0 Å². The van der Waals surface area contributed by atoms with Crippen molar-refractivity contribution in [3.8, 4) is 5.75 Å². The van der Waals surface area contributed by atoms with Crippen molar-refractivity contribution in [3.63, 3.8) is 0 Å². The van der Waals surface area contributed by atoms with E-state index in [0.29, 0.717) is 0 Å². The zero-order valence-electron chi connectivity index (χ0n) is 11.7. The van der Waals surface area contributed by atoms with Gasteiger partial charge in [0.1, 0.15) is 5.75 Å². The fourth-order valence-corrected chi connectivity index (χ4v) is 3.20. The highest BCUT2D eigenvalue weighted by Crippen LogP contribution is 2.27. The summed E-state index contributed by atoms with van der Waals surface area (Å²) in [4.78, 5) is 2.51. The van der Waals surface area contributed by atoms with Crippen LogP contribution in [0.5, 0.6) is 5.75 Å². The molecule has 1 heterocycles. The zero-order valence-corrected chi connectivity index (χ0v) is 13.3. The van der Waals surface area contributed by atoms with Gasteiger partial charge in [0.2, 0.25) is 0 Å². The zero-order chi connectivity index (χ0) is 13.7. The molecule has 0 radical (unpaired) electrons. The molecule has 0 atom stereocenters. The molecule has 3 nitrogen and oxygen atoms in total. The van der Waals surface area contributed by atoms with E-state index >= 15 is 0 Å². The van der Waals surface area contributed by atoms with E-state index < -0.39 is 0 Å². The van der Waals surface area contributed by atoms with Crippen LogP contribution in [0.2, 0.25) is 0 Å². The molecule has 0 aromatic heterocycles. The molecule has 1 aliphatic rings. The van der Waals surface area contributed by atoms with E-state index in [4.69, 9.17) is 9.47 Å². The maximum Gasteiger partial charge on any atom is 0.133 e. The first-order valence-electron chi connectivity index (χ1n) is 6.76. The number of ether oxygens (including phenoxy) is 2. The second-order valence-electron chi connectivity index (χ2n) is 5.14. The predicted octanol–water partition coefficient (Wildman–Crippen LogP) is 3.32. The Morgan fingerprint density at radius 3 is 2.58 bits per heavy atom. The topological polar surface area (TPSA) is 21.7 Å². The van der Waals surface area contributed by atoms with Gasteiger partial charge >= 0.3 is 0 Å². The van der Waals surface area contributed by atoms with Gasteiger partial charge in [-0.2, -0.15) is 0 Å². The minimum Gasteiger partial charge on any atom is -0.496 e. The quantitative estimate of drug-likeness (QED) is 0.828. The van der Waals surface area contributed by atoms with Crippen molar-refractivity contribution in [2.24, 2.45) is 5.92 Å². The van der Waals surface area contributed by atoms with Crippen molar-refractivity contribution in [3.05, 3.63) is 28.2 Å². The van der Waals surface area contributed by atoms with Gasteiger partial charge in [0.25, 0.3) is 0 Å². The van der Waals surface area contributed by atoms with E-state index in [1.165, 1.54) is 18.4 Å². The van der Waals surface area contributed by atoms with Crippen LogP contribution in [-0.2, 0) is 11.3 Å². The third kappa shape index (κ3) is 4.20. The SMILES string of the molecule is COCC1CCN(Cc2ccc(OC)c(Br)c2)CC1. The molecule has 2 rings (SSSR count). The summed E-state index contributed by atoms with van der Waals surface area (Å²) in [6, 6.07) is 6.32. The van der Waals surface area contributed by atoms with Crippen molar-refractivity contribution in [1.82, 2.24) is 4.90 Å². The molecule has 19 heavy (non-hydrogen) atoms. The second-order valence-corrected chi connectivity index (χ2v) is 6.00. The van der Waals surface area contributed by atoms with E-state index in [9.17, 15) is 0 Å². The average Bonchev–Trinajstić information content (AvgIpc) is 2.42. The third-order valence-corrected chi connectivity index (χ3v) is 4.35. The van der Waals surface area contributed by atoms with E-state index in [1.54, 1.807) is 14.2 Å². The van der Waals surface area contributed by atoms with Gasteiger partial charge in [-0.3, -0.25) is 4.90 Å². The lowest BCUT2D eigenvalue weighted by molar-refractivity contribution is 0.0968. The van der Waals surface area contributed by atoms with Crippen LogP contribution in [0.3, 0.4) is 0 Å². The van der Waals surface area contributed by atoms with E-state index in [-0.39, 0.29) is 0 Å². The summed E-state index contributed by atoms with van der Waals surface area (Å²) in [6.45, 7) is 4.25. The smallest absolute Gasteiger partial charge is 0.133 e. The Balaban J connectivity index is 1.87. The number of nitrogens with zero attached hydrogens (tertiary/aromatic N) is 1. The highest BCUT2D eigenvalue weighted by molar-refractivity contribution is 9.10. The summed E-state index contributed by atoms with van der Waals surface area (Å²) < 4.78 is 11.5. The number of halogens is 1. The van der Waals surface area contributed by atoms with Crippen LogP contribution in [-0.4, -0.2) is 38.8 Å². The van der Waals surface area contributed by atoms with Crippen LogP contribution in [0.15, 0.2) is 22.7 Å². The Morgan fingerprint density at radius 1 is 1.26 bits per heavy atom. The van der Waals surface area contributed by atoms with Crippen molar-refractivity contribution >= 4 is 15.9 Å². The van der Waals surface area contributed by atoms with E-state index in [0.717, 1.165) is 42.4 Å². The molecule has 1 aliphatic heterocycles. The summed E-state index contributed by atoms with van der Waals surface area (Å²) >= 11 is 3.54. The molecular formula is C15H22BrNO2. The fraction of sp³-hybridized carbons (Fsp3) is 0.600. The van der Waals surface area contributed by atoms with E-state index in [2.05, 4.69) is 33.0 Å². The lowest BCUT2D eigenvalue weighted by Gasteiger charge is -2.31. The highest BCUT2D eigenvalue weighted by Gasteiger charge is 2.19. The number of benzene rings is 1. The van der Waals surface area contributed by atoms with Crippen molar-refractivity contribution in [2.75, 3.05) is 33.9 Å². The molecule has 0 aliphatic carbocycles. The summed E-state index contributed by atoms with van der Waals surface area (Å²) in [6.07, 6.45) is 2.48. The lowest BCUT2D eigenvalue weighted by Crippen LogP contribution is -2.34. The second kappa shape index (κ2) is 7.27. The van der Waals surface area contributed by atoms with Gasteiger partial charge in [-0.25, -0.2) is 0 Å². The van der Waals surface area contributed by atoms with Gasteiger partial charge in [0.15, 0.2) is 0 Å². The molecule has 1 aromatic rings. The van der Waals surface area contributed by atoms with Crippen LogP contribution >= 0.6 is 15.9 Å². The summed E-state index contributed by atoms with van der Waals surface area (Å²) in [5.74, 6) is 1.63. The molecule has 0 amide bonds. The van der Waals surface area contributed by atoms with Gasteiger partial charge in [0.05, 0.1) is 11.6 Å². The summed E-state index contributed by atoms with van der Waals surface area (Å²) in [7, 11) is 3.49. The molecule has 0 unspecified atom stereocenters. The first-order valence-corrected chi connectivity index (χ1v) is 7.56. The molecule has 0 spiro atoms. The van der Waals surface area contributed by atoms with Crippen LogP contribution in [0.4, 0.5) is 0 Å². The Morgan fingerprint density at radius 2 is 2.00 bits per heavy atom. The number of methoxy groups -OCH3 is 2.